The highest BCUT2D eigenvalue weighted by Crippen LogP contribution is 2.19. The van der Waals surface area contributed by atoms with Gasteiger partial charge in [0.15, 0.2) is 5.96 Å². The second-order valence-corrected chi connectivity index (χ2v) is 8.67. The molecule has 3 rings (SSSR count). The van der Waals surface area contributed by atoms with Crippen molar-refractivity contribution in [3.05, 3.63) is 35.4 Å². The fourth-order valence-electron chi connectivity index (χ4n) is 4.33. The normalized spacial score (nSPS) is 22.2. The average Bonchev–Trinajstić information content (AvgIpc) is 3.27. The van der Waals surface area contributed by atoms with Crippen LogP contribution in [0, 0.1) is 5.92 Å². The van der Waals surface area contributed by atoms with E-state index >= 15 is 0 Å². The van der Waals surface area contributed by atoms with Crippen molar-refractivity contribution < 1.29 is 9.47 Å². The molecule has 176 valence electrons. The molecule has 0 aromatic heterocycles. The molecule has 2 aliphatic rings. The van der Waals surface area contributed by atoms with Crippen LogP contribution in [0.25, 0.3) is 0 Å². The largest absolute Gasteiger partial charge is 0.379 e. The number of nitrogens with zero attached hydrogens (tertiary/aromatic N) is 2. The molecule has 2 unspecified atom stereocenters. The Morgan fingerprint density at radius 3 is 2.77 bits per heavy atom. The molecule has 0 saturated carbocycles. The lowest BCUT2D eigenvalue weighted by Gasteiger charge is -2.31. The van der Waals surface area contributed by atoms with Gasteiger partial charge in [0.1, 0.15) is 0 Å². The van der Waals surface area contributed by atoms with Crippen molar-refractivity contribution in [1.82, 2.24) is 15.5 Å². The van der Waals surface area contributed by atoms with Crippen LogP contribution < -0.4 is 10.6 Å². The van der Waals surface area contributed by atoms with Gasteiger partial charge in [-0.2, -0.15) is 0 Å². The Bertz CT molecular complexity index is 652. The van der Waals surface area contributed by atoms with E-state index in [2.05, 4.69) is 51.7 Å². The molecule has 7 heteroatoms. The number of piperidine rings is 1. The molecule has 2 atom stereocenters. The number of hydrogen-bond acceptors (Lipinski definition) is 4. The second kappa shape index (κ2) is 15.0. The lowest BCUT2D eigenvalue weighted by Crippen LogP contribution is -2.38. The molecule has 2 N–H and O–H groups in total. The minimum absolute atomic E-state index is 0. The molecule has 1 aromatic carbocycles. The molecular formula is C24H41IN4O2. The third kappa shape index (κ3) is 9.63. The molecular weight excluding hydrogens is 503 g/mol. The van der Waals surface area contributed by atoms with E-state index in [0.717, 1.165) is 70.6 Å². The standard InChI is InChI=1S/C24H40N4O2.HI/c1-20-8-5-13-28(17-20)18-22-10-4-3-9-21(22)16-27-24(25-2)26-12-7-14-29-19-23-11-6-15-30-23;/h3-4,9-10,20,23H,5-8,11-19H2,1-2H3,(H2,25,26,27);1H. The molecule has 2 fully saturated rings. The number of rotatable bonds is 10. The Morgan fingerprint density at radius 2 is 2.03 bits per heavy atom. The number of hydrogen-bond donors (Lipinski definition) is 2. The van der Waals surface area contributed by atoms with Gasteiger partial charge >= 0.3 is 0 Å². The highest BCUT2D eigenvalue weighted by molar-refractivity contribution is 14.0. The number of nitrogens with one attached hydrogen (secondary N) is 2. The highest BCUT2D eigenvalue weighted by Gasteiger charge is 2.17. The molecule has 1 aromatic rings. The van der Waals surface area contributed by atoms with E-state index in [4.69, 9.17) is 9.47 Å². The van der Waals surface area contributed by atoms with Crippen LogP contribution in [0.3, 0.4) is 0 Å². The first-order valence-corrected chi connectivity index (χ1v) is 11.7. The summed E-state index contributed by atoms with van der Waals surface area (Å²) >= 11 is 0. The van der Waals surface area contributed by atoms with Gasteiger partial charge in [0.25, 0.3) is 0 Å². The van der Waals surface area contributed by atoms with Crippen LogP contribution >= 0.6 is 24.0 Å². The summed E-state index contributed by atoms with van der Waals surface area (Å²) < 4.78 is 11.3. The van der Waals surface area contributed by atoms with Crippen LogP contribution in [0.1, 0.15) is 50.2 Å². The fourth-order valence-corrected chi connectivity index (χ4v) is 4.33. The topological polar surface area (TPSA) is 58.1 Å². The number of aliphatic imine (C=N–C) groups is 1. The van der Waals surface area contributed by atoms with Crippen molar-refractivity contribution in [1.29, 1.82) is 0 Å². The Labute approximate surface area is 205 Å². The number of benzene rings is 1. The fraction of sp³-hybridized carbons (Fsp3) is 0.708. The third-order valence-corrected chi connectivity index (χ3v) is 6.01. The summed E-state index contributed by atoms with van der Waals surface area (Å²) in [5.41, 5.74) is 2.76. The number of guanidine groups is 1. The maximum atomic E-state index is 5.73. The van der Waals surface area contributed by atoms with Gasteiger partial charge in [-0.3, -0.25) is 9.89 Å². The van der Waals surface area contributed by atoms with Gasteiger partial charge in [-0.25, -0.2) is 0 Å². The summed E-state index contributed by atoms with van der Waals surface area (Å²) in [6.45, 7) is 9.81. The van der Waals surface area contributed by atoms with Gasteiger partial charge in [-0.1, -0.05) is 31.2 Å². The summed E-state index contributed by atoms with van der Waals surface area (Å²) in [6.07, 6.45) is 6.24. The van der Waals surface area contributed by atoms with Crippen LogP contribution in [0.4, 0.5) is 0 Å². The Balaban J connectivity index is 0.00000341. The first kappa shape index (κ1) is 26.4. The summed E-state index contributed by atoms with van der Waals surface area (Å²) in [5, 5.41) is 6.86. The van der Waals surface area contributed by atoms with Gasteiger partial charge < -0.3 is 20.1 Å². The van der Waals surface area contributed by atoms with E-state index in [1.54, 1.807) is 0 Å². The zero-order valence-electron chi connectivity index (χ0n) is 19.3. The number of likely N-dealkylation sites (tertiary alicyclic amines) is 1. The zero-order valence-corrected chi connectivity index (χ0v) is 21.6. The van der Waals surface area contributed by atoms with E-state index in [1.165, 1.54) is 37.1 Å². The van der Waals surface area contributed by atoms with Crippen molar-refractivity contribution in [2.45, 2.75) is 58.2 Å². The summed E-state index contributed by atoms with van der Waals surface area (Å²) in [5.74, 6) is 1.65. The molecule has 0 amide bonds. The minimum atomic E-state index is 0. The maximum absolute atomic E-state index is 5.73. The average molecular weight is 545 g/mol. The lowest BCUT2D eigenvalue weighted by molar-refractivity contribution is 0.0168. The van der Waals surface area contributed by atoms with Crippen LogP contribution in [-0.4, -0.2) is 63.5 Å². The van der Waals surface area contributed by atoms with Gasteiger partial charge in [0, 0.05) is 46.4 Å². The van der Waals surface area contributed by atoms with Crippen molar-refractivity contribution in [3.63, 3.8) is 0 Å². The SMILES string of the molecule is CN=C(NCCCOCC1CCCO1)NCc1ccccc1CN1CCCC(C)C1.I. The molecule has 2 aliphatic heterocycles. The van der Waals surface area contributed by atoms with Gasteiger partial charge in [-0.05, 0) is 55.7 Å². The van der Waals surface area contributed by atoms with E-state index in [-0.39, 0.29) is 24.0 Å². The molecule has 0 spiro atoms. The van der Waals surface area contributed by atoms with E-state index in [0.29, 0.717) is 6.10 Å². The molecule has 0 aliphatic carbocycles. The van der Waals surface area contributed by atoms with Crippen molar-refractivity contribution in [2.24, 2.45) is 10.9 Å². The quantitative estimate of drug-likeness (QED) is 0.203. The molecule has 0 bridgehead atoms. The van der Waals surface area contributed by atoms with Gasteiger partial charge in [0.2, 0.25) is 0 Å². The first-order chi connectivity index (χ1) is 14.7. The Hall–Kier alpha value is -0.900. The van der Waals surface area contributed by atoms with Crippen LogP contribution in [0.15, 0.2) is 29.3 Å². The third-order valence-electron chi connectivity index (χ3n) is 6.01. The number of halogens is 1. The summed E-state index contributed by atoms with van der Waals surface area (Å²) in [6, 6.07) is 8.76. The highest BCUT2D eigenvalue weighted by atomic mass is 127. The predicted molar refractivity (Wildman–Crippen MR) is 138 cm³/mol. The van der Waals surface area contributed by atoms with E-state index in [9.17, 15) is 0 Å². The molecule has 0 radical (unpaired) electrons. The van der Waals surface area contributed by atoms with Crippen LogP contribution in [0.5, 0.6) is 0 Å². The van der Waals surface area contributed by atoms with Crippen LogP contribution in [0.2, 0.25) is 0 Å². The minimum Gasteiger partial charge on any atom is -0.379 e. The smallest absolute Gasteiger partial charge is 0.191 e. The molecule has 2 saturated heterocycles. The zero-order chi connectivity index (χ0) is 21.0. The number of ether oxygens (including phenoxy) is 2. The molecule has 2 heterocycles. The monoisotopic (exact) mass is 544 g/mol. The maximum Gasteiger partial charge on any atom is 0.191 e. The second-order valence-electron chi connectivity index (χ2n) is 8.67. The Kier molecular flexibility index (Phi) is 12.8. The van der Waals surface area contributed by atoms with Crippen molar-refractivity contribution in [3.8, 4) is 0 Å². The summed E-state index contributed by atoms with van der Waals surface area (Å²) in [4.78, 5) is 6.96. The summed E-state index contributed by atoms with van der Waals surface area (Å²) in [7, 11) is 1.82. The van der Waals surface area contributed by atoms with Crippen molar-refractivity contribution in [2.75, 3.05) is 46.5 Å². The lowest BCUT2D eigenvalue weighted by atomic mass is 9.99. The Morgan fingerprint density at radius 1 is 1.19 bits per heavy atom. The van der Waals surface area contributed by atoms with Gasteiger partial charge in [0.05, 0.1) is 12.7 Å². The van der Waals surface area contributed by atoms with Crippen LogP contribution in [-0.2, 0) is 22.6 Å². The van der Waals surface area contributed by atoms with E-state index < -0.39 is 0 Å². The molecule has 6 nitrogen and oxygen atoms in total. The van der Waals surface area contributed by atoms with Crippen molar-refractivity contribution >= 4 is 29.9 Å². The van der Waals surface area contributed by atoms with E-state index in [1.807, 2.05) is 7.05 Å². The first-order valence-electron chi connectivity index (χ1n) is 11.7. The molecule has 31 heavy (non-hydrogen) atoms. The van der Waals surface area contributed by atoms with Gasteiger partial charge in [-0.15, -0.1) is 24.0 Å². The predicted octanol–water partition coefficient (Wildman–Crippen LogP) is 3.79.